The molecular weight excluding hydrogens is 312 g/mol. The van der Waals surface area contributed by atoms with Gasteiger partial charge in [-0.3, -0.25) is 4.98 Å². The van der Waals surface area contributed by atoms with Gasteiger partial charge in [0.1, 0.15) is 11.5 Å². The van der Waals surface area contributed by atoms with Gasteiger partial charge in [0.2, 0.25) is 0 Å². The van der Waals surface area contributed by atoms with Crippen LogP contribution in [0.1, 0.15) is 24.1 Å². The molecular formula is C21H26N2O2. The number of fused-ring (bicyclic) bond motifs is 1. The lowest BCUT2D eigenvalue weighted by atomic mass is 10.0. The Balaban J connectivity index is 1.26. The molecule has 4 heteroatoms. The number of phenolic OH excluding ortho intramolecular Hbond substituents is 1. The summed E-state index contributed by atoms with van der Waals surface area (Å²) in [4.78, 5) is 6.91. The summed E-state index contributed by atoms with van der Waals surface area (Å²) in [5.41, 5.74) is 2.28. The minimum Gasteiger partial charge on any atom is -0.508 e. The van der Waals surface area contributed by atoms with Gasteiger partial charge in [-0.2, -0.15) is 0 Å². The molecule has 0 radical (unpaired) electrons. The van der Waals surface area contributed by atoms with E-state index in [1.165, 1.54) is 18.7 Å². The molecule has 4 nitrogen and oxygen atoms in total. The van der Waals surface area contributed by atoms with Crippen molar-refractivity contribution < 1.29 is 9.84 Å². The Hall–Kier alpha value is -2.07. The summed E-state index contributed by atoms with van der Waals surface area (Å²) in [6, 6.07) is 11.6. The minimum absolute atomic E-state index is 0.342. The third-order valence-electron chi connectivity index (χ3n) is 5.69. The molecule has 1 aliphatic heterocycles. The summed E-state index contributed by atoms with van der Waals surface area (Å²) >= 11 is 0. The summed E-state index contributed by atoms with van der Waals surface area (Å²) in [5, 5.41) is 9.37. The summed E-state index contributed by atoms with van der Waals surface area (Å²) in [6.45, 7) is 5.49. The number of pyridine rings is 1. The molecule has 3 atom stereocenters. The van der Waals surface area contributed by atoms with Crippen molar-refractivity contribution in [3.8, 4) is 11.5 Å². The summed E-state index contributed by atoms with van der Waals surface area (Å²) in [7, 11) is 0. The molecule has 1 aromatic heterocycles. The van der Waals surface area contributed by atoms with Crippen LogP contribution >= 0.6 is 0 Å². The second-order valence-electron chi connectivity index (χ2n) is 7.49. The van der Waals surface area contributed by atoms with Crippen LogP contribution in [0.25, 0.3) is 0 Å². The summed E-state index contributed by atoms with van der Waals surface area (Å²) in [6.07, 6.45) is 5.53. The SMILES string of the molecule is Cc1ncccc1O[C@H]1C[C@@H]2CN(CCc3ccc(O)cc3)C[C@@H]2C1. The predicted octanol–water partition coefficient (Wildman–Crippen LogP) is 3.43. The molecule has 0 spiro atoms. The van der Waals surface area contributed by atoms with Crippen molar-refractivity contribution in [1.29, 1.82) is 0 Å². The average molecular weight is 338 g/mol. The van der Waals surface area contributed by atoms with Gasteiger partial charge in [-0.1, -0.05) is 12.1 Å². The maximum Gasteiger partial charge on any atom is 0.140 e. The maximum absolute atomic E-state index is 9.37. The van der Waals surface area contributed by atoms with E-state index in [0.717, 1.165) is 49.1 Å². The Kier molecular flexibility index (Phi) is 4.62. The number of hydrogen-bond donors (Lipinski definition) is 1. The Labute approximate surface area is 149 Å². The number of rotatable bonds is 5. The van der Waals surface area contributed by atoms with Gasteiger partial charge in [-0.25, -0.2) is 0 Å². The fourth-order valence-electron chi connectivity index (χ4n) is 4.34. The van der Waals surface area contributed by atoms with Gasteiger partial charge in [0.25, 0.3) is 0 Å². The molecule has 4 rings (SSSR count). The number of aryl methyl sites for hydroxylation is 1. The van der Waals surface area contributed by atoms with Crippen LogP contribution in [0.15, 0.2) is 42.6 Å². The number of nitrogens with zero attached hydrogens (tertiary/aromatic N) is 2. The van der Waals surface area contributed by atoms with Gasteiger partial charge in [-0.15, -0.1) is 0 Å². The molecule has 1 aromatic carbocycles. The van der Waals surface area contributed by atoms with Crippen LogP contribution in [0.4, 0.5) is 0 Å². The van der Waals surface area contributed by atoms with Crippen molar-refractivity contribution in [2.75, 3.05) is 19.6 Å². The fourth-order valence-corrected chi connectivity index (χ4v) is 4.34. The number of aromatic nitrogens is 1. The van der Waals surface area contributed by atoms with Crippen molar-refractivity contribution in [2.45, 2.75) is 32.3 Å². The Morgan fingerprint density at radius 1 is 1.12 bits per heavy atom. The first-order chi connectivity index (χ1) is 12.2. The van der Waals surface area contributed by atoms with E-state index in [1.807, 2.05) is 37.4 Å². The van der Waals surface area contributed by atoms with Crippen molar-refractivity contribution >= 4 is 0 Å². The first-order valence-corrected chi connectivity index (χ1v) is 9.26. The Morgan fingerprint density at radius 2 is 1.84 bits per heavy atom. The zero-order valence-corrected chi connectivity index (χ0v) is 14.8. The van der Waals surface area contributed by atoms with E-state index >= 15 is 0 Å². The molecule has 1 N–H and O–H groups in total. The van der Waals surface area contributed by atoms with Crippen LogP contribution in [0, 0.1) is 18.8 Å². The smallest absolute Gasteiger partial charge is 0.140 e. The van der Waals surface area contributed by atoms with Crippen molar-refractivity contribution in [3.05, 3.63) is 53.9 Å². The normalized spacial score (nSPS) is 25.9. The quantitative estimate of drug-likeness (QED) is 0.907. The van der Waals surface area contributed by atoms with Gasteiger partial charge < -0.3 is 14.7 Å². The second kappa shape index (κ2) is 7.04. The van der Waals surface area contributed by atoms with Gasteiger partial charge in [0, 0.05) is 25.8 Å². The lowest BCUT2D eigenvalue weighted by Crippen LogP contribution is -2.26. The van der Waals surface area contributed by atoms with E-state index in [2.05, 4.69) is 9.88 Å². The molecule has 0 bridgehead atoms. The largest absolute Gasteiger partial charge is 0.508 e. The Morgan fingerprint density at radius 3 is 2.52 bits per heavy atom. The molecule has 2 fully saturated rings. The molecule has 25 heavy (non-hydrogen) atoms. The van der Waals surface area contributed by atoms with E-state index in [4.69, 9.17) is 4.74 Å². The summed E-state index contributed by atoms with van der Waals surface area (Å²) in [5.74, 6) is 2.81. The minimum atomic E-state index is 0.342. The van der Waals surface area contributed by atoms with E-state index in [1.54, 1.807) is 12.1 Å². The molecule has 0 amide bonds. The fraction of sp³-hybridized carbons (Fsp3) is 0.476. The molecule has 0 unspecified atom stereocenters. The maximum atomic E-state index is 9.37. The highest BCUT2D eigenvalue weighted by Gasteiger charge is 2.41. The van der Waals surface area contributed by atoms with Gasteiger partial charge in [0.15, 0.2) is 0 Å². The van der Waals surface area contributed by atoms with E-state index < -0.39 is 0 Å². The van der Waals surface area contributed by atoms with Gasteiger partial charge in [-0.05, 0) is 67.9 Å². The molecule has 132 valence electrons. The highest BCUT2D eigenvalue weighted by Crippen LogP contribution is 2.40. The Bertz CT molecular complexity index is 702. The van der Waals surface area contributed by atoms with Gasteiger partial charge >= 0.3 is 0 Å². The van der Waals surface area contributed by atoms with Crippen LogP contribution in [0.5, 0.6) is 11.5 Å². The van der Waals surface area contributed by atoms with E-state index in [0.29, 0.717) is 11.9 Å². The number of hydrogen-bond acceptors (Lipinski definition) is 4. The standard InChI is InChI=1S/C21H26N2O2/c1-15-21(3-2-9-22-15)25-20-11-17-13-23(14-18(17)12-20)10-8-16-4-6-19(24)7-5-16/h2-7,9,17-18,20,24H,8,10-14H2,1H3/t17-,18+,20+. The predicted molar refractivity (Wildman–Crippen MR) is 97.9 cm³/mol. The third-order valence-corrected chi connectivity index (χ3v) is 5.69. The molecule has 1 aliphatic carbocycles. The zero-order chi connectivity index (χ0) is 17.2. The lowest BCUT2D eigenvalue weighted by Gasteiger charge is -2.20. The van der Waals surface area contributed by atoms with Crippen molar-refractivity contribution in [2.24, 2.45) is 11.8 Å². The third kappa shape index (κ3) is 3.79. The number of phenols is 1. The van der Waals surface area contributed by atoms with Crippen LogP contribution in [-0.4, -0.2) is 40.7 Å². The zero-order valence-electron chi connectivity index (χ0n) is 14.8. The lowest BCUT2D eigenvalue weighted by molar-refractivity contribution is 0.184. The highest BCUT2D eigenvalue weighted by molar-refractivity contribution is 5.26. The topological polar surface area (TPSA) is 45.6 Å². The number of likely N-dealkylation sites (tertiary alicyclic amines) is 1. The van der Waals surface area contributed by atoms with Crippen LogP contribution in [0.2, 0.25) is 0 Å². The van der Waals surface area contributed by atoms with Crippen molar-refractivity contribution in [1.82, 2.24) is 9.88 Å². The van der Waals surface area contributed by atoms with Crippen LogP contribution in [0.3, 0.4) is 0 Å². The molecule has 2 aliphatic rings. The number of ether oxygens (including phenoxy) is 1. The number of benzene rings is 1. The van der Waals surface area contributed by atoms with Crippen molar-refractivity contribution in [3.63, 3.8) is 0 Å². The van der Waals surface area contributed by atoms with Crippen LogP contribution in [-0.2, 0) is 6.42 Å². The molecule has 2 aromatic rings. The summed E-state index contributed by atoms with van der Waals surface area (Å²) < 4.78 is 6.21. The molecule has 1 saturated carbocycles. The molecule has 2 heterocycles. The highest BCUT2D eigenvalue weighted by atomic mass is 16.5. The van der Waals surface area contributed by atoms with E-state index in [9.17, 15) is 5.11 Å². The number of aromatic hydroxyl groups is 1. The van der Waals surface area contributed by atoms with E-state index in [-0.39, 0.29) is 0 Å². The first kappa shape index (κ1) is 16.4. The second-order valence-corrected chi connectivity index (χ2v) is 7.49. The van der Waals surface area contributed by atoms with Gasteiger partial charge in [0.05, 0.1) is 11.8 Å². The van der Waals surface area contributed by atoms with Crippen LogP contribution < -0.4 is 4.74 Å². The monoisotopic (exact) mass is 338 g/mol. The molecule has 1 saturated heterocycles. The first-order valence-electron chi connectivity index (χ1n) is 9.26. The average Bonchev–Trinajstić information content (AvgIpc) is 3.14.